The van der Waals surface area contributed by atoms with E-state index in [1.54, 1.807) is 0 Å². The van der Waals surface area contributed by atoms with Crippen molar-refractivity contribution < 1.29 is 0 Å². The molecule has 1 nitrogen and oxygen atoms in total. The van der Waals surface area contributed by atoms with Gasteiger partial charge in [0, 0.05) is 48.1 Å². The molecule has 0 radical (unpaired) electrons. The Morgan fingerprint density at radius 3 is 1.48 bits per heavy atom. The lowest BCUT2D eigenvalue weighted by Gasteiger charge is -2.28. The van der Waals surface area contributed by atoms with E-state index in [4.69, 9.17) is 0 Å². The molecule has 0 fully saturated rings. The first kappa shape index (κ1) is 29.5. The van der Waals surface area contributed by atoms with Gasteiger partial charge in [0.15, 0.2) is 0 Å². The van der Waals surface area contributed by atoms with E-state index >= 15 is 0 Å². The van der Waals surface area contributed by atoms with Crippen molar-refractivity contribution >= 4 is 48.6 Å². The van der Waals surface area contributed by atoms with Crippen LogP contribution in [0.15, 0.2) is 152 Å². The molecule has 0 bridgehead atoms. The molecule has 0 atom stereocenters. The fourth-order valence-corrected chi connectivity index (χ4v) is 10.00. The second-order valence-corrected chi connectivity index (χ2v) is 16.1. The zero-order valence-electron chi connectivity index (χ0n) is 28.8. The first-order chi connectivity index (χ1) is 24.3. The van der Waals surface area contributed by atoms with Gasteiger partial charge in [0.25, 0.3) is 0 Å². The van der Waals surface area contributed by atoms with Crippen LogP contribution >= 0.6 is 11.3 Å². The summed E-state index contributed by atoms with van der Waals surface area (Å²) in [5.74, 6) is 0. The SMILES string of the molecule is CC1(C)c2ccccc2-c2cc(N(c3ccc(-c4ccc5c(c4)sc4ccccc45)cc3)c3ccc4c(c3)-c3ccccc3C4(C)C)ccc21. The Labute approximate surface area is 298 Å². The van der Waals surface area contributed by atoms with Gasteiger partial charge in [0.1, 0.15) is 0 Å². The molecule has 0 N–H and O–H groups in total. The number of rotatable bonds is 4. The maximum atomic E-state index is 2.45. The Morgan fingerprint density at radius 1 is 0.380 bits per heavy atom. The highest BCUT2D eigenvalue weighted by Crippen LogP contribution is 2.53. The van der Waals surface area contributed by atoms with Gasteiger partial charge < -0.3 is 4.90 Å². The topological polar surface area (TPSA) is 3.24 Å². The molecule has 0 saturated heterocycles. The molecule has 1 heterocycles. The van der Waals surface area contributed by atoms with E-state index in [1.165, 1.54) is 87.2 Å². The van der Waals surface area contributed by atoms with Gasteiger partial charge in [-0.15, -0.1) is 11.3 Å². The van der Waals surface area contributed by atoms with Gasteiger partial charge in [-0.25, -0.2) is 0 Å². The molecule has 7 aromatic carbocycles. The maximum absolute atomic E-state index is 2.45. The molecule has 0 saturated carbocycles. The van der Waals surface area contributed by atoms with Gasteiger partial charge in [-0.1, -0.05) is 131 Å². The van der Waals surface area contributed by atoms with Crippen LogP contribution in [-0.4, -0.2) is 0 Å². The third-order valence-electron chi connectivity index (χ3n) is 11.5. The van der Waals surface area contributed by atoms with Crippen molar-refractivity contribution in [2.45, 2.75) is 38.5 Å². The molecule has 0 aliphatic heterocycles. The second-order valence-electron chi connectivity index (χ2n) is 15.0. The summed E-state index contributed by atoms with van der Waals surface area (Å²) in [5.41, 5.74) is 16.8. The van der Waals surface area contributed by atoms with Crippen molar-refractivity contribution in [2.75, 3.05) is 4.90 Å². The Bertz CT molecular complexity index is 2550. The fraction of sp³-hybridized carbons (Fsp3) is 0.125. The van der Waals surface area contributed by atoms with Crippen LogP contribution in [0.5, 0.6) is 0 Å². The molecule has 10 rings (SSSR count). The number of benzene rings is 7. The van der Waals surface area contributed by atoms with Crippen LogP contribution in [0.2, 0.25) is 0 Å². The summed E-state index contributed by atoms with van der Waals surface area (Å²) >= 11 is 1.87. The molecule has 0 unspecified atom stereocenters. The highest BCUT2D eigenvalue weighted by Gasteiger charge is 2.37. The van der Waals surface area contributed by atoms with E-state index in [2.05, 4.69) is 184 Å². The average Bonchev–Trinajstić information content (AvgIpc) is 3.71. The monoisotopic (exact) mass is 659 g/mol. The van der Waals surface area contributed by atoms with Crippen LogP contribution in [0.4, 0.5) is 17.1 Å². The van der Waals surface area contributed by atoms with Crippen molar-refractivity contribution in [1.82, 2.24) is 0 Å². The summed E-state index contributed by atoms with van der Waals surface area (Å²) in [7, 11) is 0. The minimum atomic E-state index is -0.0324. The molecule has 0 amide bonds. The standard InChI is InChI=1S/C48H37NS/c1-47(2)41-14-8-5-11-35(41)39-28-33(22-25-43(39)47)49(34-23-26-44-40(29-34)36-12-6-9-15-42(36)48(44,3)4)32-20-17-30(18-21-32)31-19-24-38-37-13-7-10-16-45(37)50-46(38)27-31/h5-29H,1-4H3. The zero-order chi connectivity index (χ0) is 33.8. The number of hydrogen-bond donors (Lipinski definition) is 0. The van der Waals surface area contributed by atoms with Gasteiger partial charge in [-0.05, 0) is 104 Å². The Hall–Kier alpha value is -5.44. The average molecular weight is 660 g/mol. The Morgan fingerprint density at radius 2 is 0.860 bits per heavy atom. The quantitative estimate of drug-likeness (QED) is 0.182. The van der Waals surface area contributed by atoms with E-state index in [0.29, 0.717) is 0 Å². The van der Waals surface area contributed by atoms with Crippen LogP contribution in [-0.2, 0) is 10.8 Å². The normalized spacial score (nSPS) is 14.7. The molecular weight excluding hydrogens is 623 g/mol. The number of anilines is 3. The molecule has 2 aliphatic rings. The maximum Gasteiger partial charge on any atom is 0.0468 e. The van der Waals surface area contributed by atoms with E-state index in [9.17, 15) is 0 Å². The van der Waals surface area contributed by atoms with E-state index in [0.717, 1.165) is 5.69 Å². The molecule has 2 aliphatic carbocycles. The lowest BCUT2D eigenvalue weighted by atomic mass is 9.82. The van der Waals surface area contributed by atoms with Crippen molar-refractivity contribution in [3.8, 4) is 33.4 Å². The molecule has 1 aromatic heterocycles. The van der Waals surface area contributed by atoms with Crippen LogP contribution in [0.1, 0.15) is 49.9 Å². The summed E-state index contributed by atoms with van der Waals surface area (Å²) in [6, 6.07) is 56.8. The van der Waals surface area contributed by atoms with Gasteiger partial charge in [0.2, 0.25) is 0 Å². The number of nitrogens with zero attached hydrogens (tertiary/aromatic N) is 1. The van der Waals surface area contributed by atoms with Gasteiger partial charge >= 0.3 is 0 Å². The summed E-state index contributed by atoms with van der Waals surface area (Å²) < 4.78 is 2.67. The lowest BCUT2D eigenvalue weighted by molar-refractivity contribution is 0.660. The van der Waals surface area contributed by atoms with E-state index in [1.807, 2.05) is 11.3 Å². The van der Waals surface area contributed by atoms with E-state index in [-0.39, 0.29) is 10.8 Å². The van der Waals surface area contributed by atoms with Gasteiger partial charge in [0.05, 0.1) is 0 Å². The van der Waals surface area contributed by atoms with E-state index < -0.39 is 0 Å². The third kappa shape index (κ3) is 4.18. The Kier molecular flexibility index (Phi) is 6.21. The van der Waals surface area contributed by atoms with Crippen LogP contribution in [0, 0.1) is 0 Å². The first-order valence-electron chi connectivity index (χ1n) is 17.6. The predicted molar refractivity (Wildman–Crippen MR) is 215 cm³/mol. The molecule has 240 valence electrons. The first-order valence-corrected chi connectivity index (χ1v) is 18.4. The zero-order valence-corrected chi connectivity index (χ0v) is 29.6. The summed E-state index contributed by atoms with van der Waals surface area (Å²) in [4.78, 5) is 2.45. The predicted octanol–water partition coefficient (Wildman–Crippen LogP) is 13.8. The minimum absolute atomic E-state index is 0.0324. The summed E-state index contributed by atoms with van der Waals surface area (Å²) in [6.07, 6.45) is 0. The minimum Gasteiger partial charge on any atom is -0.310 e. The molecular formula is C48H37NS. The third-order valence-corrected chi connectivity index (χ3v) is 12.6. The van der Waals surface area contributed by atoms with Crippen LogP contribution in [0.3, 0.4) is 0 Å². The van der Waals surface area contributed by atoms with Crippen LogP contribution < -0.4 is 4.90 Å². The lowest BCUT2D eigenvalue weighted by Crippen LogP contribution is -2.16. The van der Waals surface area contributed by atoms with Gasteiger partial charge in [-0.2, -0.15) is 0 Å². The summed E-state index contributed by atoms with van der Waals surface area (Å²) in [6.45, 7) is 9.40. The fourth-order valence-electron chi connectivity index (χ4n) is 8.85. The molecule has 2 heteroatoms. The van der Waals surface area contributed by atoms with Crippen molar-refractivity contribution in [3.05, 3.63) is 174 Å². The van der Waals surface area contributed by atoms with Crippen LogP contribution in [0.25, 0.3) is 53.6 Å². The Balaban J connectivity index is 1.12. The van der Waals surface area contributed by atoms with Gasteiger partial charge in [-0.3, -0.25) is 0 Å². The number of thiophene rings is 1. The number of fused-ring (bicyclic) bond motifs is 9. The summed E-state index contributed by atoms with van der Waals surface area (Å²) in [5, 5.41) is 2.67. The largest absolute Gasteiger partial charge is 0.310 e. The van der Waals surface area contributed by atoms with Crippen molar-refractivity contribution in [2.24, 2.45) is 0 Å². The second kappa shape index (κ2) is 10.5. The highest BCUT2D eigenvalue weighted by molar-refractivity contribution is 7.25. The van der Waals surface area contributed by atoms with Crippen molar-refractivity contribution in [3.63, 3.8) is 0 Å². The number of hydrogen-bond acceptors (Lipinski definition) is 2. The smallest absolute Gasteiger partial charge is 0.0468 e. The molecule has 0 spiro atoms. The molecule has 8 aromatic rings. The molecule has 50 heavy (non-hydrogen) atoms. The van der Waals surface area contributed by atoms with Crippen molar-refractivity contribution in [1.29, 1.82) is 0 Å². The highest BCUT2D eigenvalue weighted by atomic mass is 32.1.